The SMILES string of the molecule is CC(C)C1CNC(C)(C2CC2)CN1CC1CCOC1C. The van der Waals surface area contributed by atoms with E-state index in [4.69, 9.17) is 4.74 Å². The van der Waals surface area contributed by atoms with E-state index in [2.05, 4.69) is 37.9 Å². The van der Waals surface area contributed by atoms with Gasteiger partial charge in [-0.25, -0.2) is 0 Å². The molecule has 0 amide bonds. The molecule has 0 radical (unpaired) electrons. The third-order valence-electron chi connectivity index (χ3n) is 5.97. The fourth-order valence-electron chi connectivity index (χ4n) is 4.23. The number of nitrogens with zero attached hydrogens (tertiary/aromatic N) is 1. The molecule has 0 aromatic carbocycles. The van der Waals surface area contributed by atoms with Gasteiger partial charge in [0.25, 0.3) is 0 Å². The maximum atomic E-state index is 5.77. The molecule has 3 fully saturated rings. The third-order valence-corrected chi connectivity index (χ3v) is 5.97. The van der Waals surface area contributed by atoms with Gasteiger partial charge in [-0.2, -0.15) is 0 Å². The smallest absolute Gasteiger partial charge is 0.0588 e. The number of rotatable bonds is 4. The van der Waals surface area contributed by atoms with Crippen LogP contribution >= 0.6 is 0 Å². The Labute approximate surface area is 124 Å². The quantitative estimate of drug-likeness (QED) is 0.856. The summed E-state index contributed by atoms with van der Waals surface area (Å²) in [5.74, 6) is 2.37. The summed E-state index contributed by atoms with van der Waals surface area (Å²) in [6, 6.07) is 0.689. The van der Waals surface area contributed by atoms with Gasteiger partial charge in [-0.05, 0) is 50.9 Å². The zero-order chi connectivity index (χ0) is 14.3. The van der Waals surface area contributed by atoms with Crippen molar-refractivity contribution in [2.24, 2.45) is 17.8 Å². The van der Waals surface area contributed by atoms with Crippen molar-refractivity contribution in [1.29, 1.82) is 0 Å². The van der Waals surface area contributed by atoms with Crippen LogP contribution in [0.2, 0.25) is 0 Å². The highest BCUT2D eigenvalue weighted by Crippen LogP contribution is 2.42. The molecule has 1 aliphatic carbocycles. The second-order valence-corrected chi connectivity index (χ2v) is 7.94. The predicted molar refractivity (Wildman–Crippen MR) is 82.9 cm³/mol. The van der Waals surface area contributed by atoms with Crippen molar-refractivity contribution in [3.63, 3.8) is 0 Å². The standard InChI is InChI=1S/C17H32N2O/c1-12(2)16-9-18-17(4,15-5-6-15)11-19(16)10-14-7-8-20-13(14)3/h12-16,18H,5-11H2,1-4H3. The van der Waals surface area contributed by atoms with Crippen molar-refractivity contribution in [3.8, 4) is 0 Å². The molecular weight excluding hydrogens is 248 g/mol. The Kier molecular flexibility index (Phi) is 4.13. The first-order valence-electron chi connectivity index (χ1n) is 8.60. The zero-order valence-electron chi connectivity index (χ0n) is 13.7. The number of hydrogen-bond donors (Lipinski definition) is 1. The van der Waals surface area contributed by atoms with Crippen molar-refractivity contribution in [3.05, 3.63) is 0 Å². The Morgan fingerprint density at radius 2 is 2.05 bits per heavy atom. The summed E-state index contributed by atoms with van der Waals surface area (Å²) in [6.07, 6.45) is 4.54. The average Bonchev–Trinajstić information content (AvgIpc) is 3.16. The summed E-state index contributed by atoms with van der Waals surface area (Å²) in [5.41, 5.74) is 0.355. The van der Waals surface area contributed by atoms with Gasteiger partial charge >= 0.3 is 0 Å². The van der Waals surface area contributed by atoms with Gasteiger partial charge in [0.1, 0.15) is 0 Å². The molecule has 116 valence electrons. The van der Waals surface area contributed by atoms with E-state index >= 15 is 0 Å². The summed E-state index contributed by atoms with van der Waals surface area (Å²) in [7, 11) is 0. The number of ether oxygens (including phenoxy) is 1. The van der Waals surface area contributed by atoms with E-state index in [1.165, 1.54) is 32.4 Å². The minimum absolute atomic E-state index is 0.355. The number of piperazine rings is 1. The minimum atomic E-state index is 0.355. The van der Waals surface area contributed by atoms with Crippen LogP contribution in [0.25, 0.3) is 0 Å². The van der Waals surface area contributed by atoms with Crippen molar-refractivity contribution in [2.75, 3.05) is 26.2 Å². The molecule has 3 aliphatic rings. The fourth-order valence-corrected chi connectivity index (χ4v) is 4.23. The average molecular weight is 280 g/mol. The first kappa shape index (κ1) is 14.8. The van der Waals surface area contributed by atoms with E-state index in [9.17, 15) is 0 Å². The van der Waals surface area contributed by atoms with Crippen molar-refractivity contribution >= 4 is 0 Å². The Morgan fingerprint density at radius 1 is 1.30 bits per heavy atom. The van der Waals surface area contributed by atoms with E-state index < -0.39 is 0 Å². The molecule has 1 N–H and O–H groups in total. The van der Waals surface area contributed by atoms with Gasteiger partial charge in [-0.15, -0.1) is 0 Å². The predicted octanol–water partition coefficient (Wildman–Crippen LogP) is 2.51. The van der Waals surface area contributed by atoms with Crippen LogP contribution < -0.4 is 5.32 Å². The van der Waals surface area contributed by atoms with Gasteiger partial charge in [0.15, 0.2) is 0 Å². The summed E-state index contributed by atoms with van der Waals surface area (Å²) in [5, 5.41) is 3.88. The topological polar surface area (TPSA) is 24.5 Å². The first-order chi connectivity index (χ1) is 9.49. The number of hydrogen-bond acceptors (Lipinski definition) is 3. The van der Waals surface area contributed by atoms with Crippen molar-refractivity contribution in [2.45, 2.75) is 64.6 Å². The summed E-state index contributed by atoms with van der Waals surface area (Å²) < 4.78 is 5.77. The molecular formula is C17H32N2O. The molecule has 2 saturated heterocycles. The lowest BCUT2D eigenvalue weighted by Crippen LogP contribution is -2.65. The Hall–Kier alpha value is -0.120. The van der Waals surface area contributed by atoms with E-state index in [0.29, 0.717) is 17.7 Å². The second-order valence-electron chi connectivity index (χ2n) is 7.94. The highest BCUT2D eigenvalue weighted by Gasteiger charge is 2.47. The van der Waals surface area contributed by atoms with Crippen LogP contribution in [0.15, 0.2) is 0 Å². The monoisotopic (exact) mass is 280 g/mol. The van der Waals surface area contributed by atoms with Crippen LogP contribution in [-0.2, 0) is 4.74 Å². The second kappa shape index (κ2) is 5.58. The largest absolute Gasteiger partial charge is 0.378 e. The van der Waals surface area contributed by atoms with Gasteiger partial charge in [0, 0.05) is 37.8 Å². The molecule has 20 heavy (non-hydrogen) atoms. The van der Waals surface area contributed by atoms with Gasteiger partial charge < -0.3 is 10.1 Å². The molecule has 0 spiro atoms. The number of nitrogens with one attached hydrogen (secondary N) is 1. The minimum Gasteiger partial charge on any atom is -0.378 e. The highest BCUT2D eigenvalue weighted by atomic mass is 16.5. The van der Waals surface area contributed by atoms with Crippen LogP contribution in [0.3, 0.4) is 0 Å². The lowest BCUT2D eigenvalue weighted by atomic mass is 9.87. The molecule has 2 heterocycles. The van der Waals surface area contributed by atoms with E-state index in [1.54, 1.807) is 0 Å². The molecule has 0 bridgehead atoms. The van der Waals surface area contributed by atoms with Crippen LogP contribution in [0.4, 0.5) is 0 Å². The summed E-state index contributed by atoms with van der Waals surface area (Å²) in [4.78, 5) is 2.79. The Balaban J connectivity index is 1.68. The molecule has 3 nitrogen and oxygen atoms in total. The maximum absolute atomic E-state index is 5.77. The molecule has 0 aromatic rings. The Morgan fingerprint density at radius 3 is 2.60 bits per heavy atom. The zero-order valence-corrected chi connectivity index (χ0v) is 13.7. The van der Waals surface area contributed by atoms with Crippen LogP contribution in [0.1, 0.15) is 47.0 Å². The molecule has 3 heteroatoms. The van der Waals surface area contributed by atoms with Gasteiger partial charge in [0.2, 0.25) is 0 Å². The molecule has 3 rings (SSSR count). The van der Waals surface area contributed by atoms with E-state index in [-0.39, 0.29) is 0 Å². The van der Waals surface area contributed by atoms with Gasteiger partial charge in [-0.1, -0.05) is 13.8 Å². The molecule has 4 unspecified atom stereocenters. The molecule has 4 atom stereocenters. The normalized spacial score (nSPS) is 43.4. The lowest BCUT2D eigenvalue weighted by Gasteiger charge is -2.49. The first-order valence-corrected chi connectivity index (χ1v) is 8.60. The van der Waals surface area contributed by atoms with Gasteiger partial charge in [-0.3, -0.25) is 4.90 Å². The molecule has 1 saturated carbocycles. The summed E-state index contributed by atoms with van der Waals surface area (Å²) >= 11 is 0. The highest BCUT2D eigenvalue weighted by molar-refractivity contribution is 5.04. The van der Waals surface area contributed by atoms with E-state index in [1.807, 2.05) is 0 Å². The third kappa shape index (κ3) is 2.90. The van der Waals surface area contributed by atoms with Gasteiger partial charge in [0.05, 0.1) is 6.10 Å². The van der Waals surface area contributed by atoms with Crippen LogP contribution in [0, 0.1) is 17.8 Å². The lowest BCUT2D eigenvalue weighted by molar-refractivity contribution is 0.0259. The Bertz CT molecular complexity index is 342. The van der Waals surface area contributed by atoms with Crippen LogP contribution in [-0.4, -0.2) is 48.8 Å². The molecule has 0 aromatic heterocycles. The van der Waals surface area contributed by atoms with Crippen molar-refractivity contribution < 1.29 is 4.74 Å². The van der Waals surface area contributed by atoms with Crippen LogP contribution in [0.5, 0.6) is 0 Å². The fraction of sp³-hybridized carbons (Fsp3) is 1.00. The van der Waals surface area contributed by atoms with E-state index in [0.717, 1.165) is 30.9 Å². The summed E-state index contributed by atoms with van der Waals surface area (Å²) in [6.45, 7) is 14.0. The van der Waals surface area contributed by atoms with Crippen molar-refractivity contribution in [1.82, 2.24) is 10.2 Å². The maximum Gasteiger partial charge on any atom is 0.0588 e. The molecule has 2 aliphatic heterocycles.